The quantitative estimate of drug-likeness (QED) is 0.782. The molecular weight excluding hydrogens is 328 g/mol. The van der Waals surface area contributed by atoms with Gasteiger partial charge in [0.2, 0.25) is 0 Å². The molecule has 24 heavy (non-hydrogen) atoms. The number of hydrogen-bond donors (Lipinski definition) is 1. The highest BCUT2D eigenvalue weighted by molar-refractivity contribution is 7.90. The zero-order valence-electron chi connectivity index (χ0n) is 13.2. The van der Waals surface area contributed by atoms with Gasteiger partial charge in [0.05, 0.1) is 10.4 Å². The average Bonchev–Trinajstić information content (AvgIpc) is 2.96. The van der Waals surface area contributed by atoms with Gasteiger partial charge in [-0.3, -0.25) is 4.79 Å². The molecule has 1 heterocycles. The number of aryl methyl sites for hydroxylation is 1. The fourth-order valence-corrected chi connectivity index (χ4v) is 2.97. The van der Waals surface area contributed by atoms with Gasteiger partial charge in [0.1, 0.15) is 5.52 Å². The van der Waals surface area contributed by atoms with Crippen LogP contribution in [0, 0.1) is 0 Å². The van der Waals surface area contributed by atoms with E-state index in [1.807, 2.05) is 6.92 Å². The van der Waals surface area contributed by atoms with E-state index in [1.54, 1.807) is 35.0 Å². The number of benzene rings is 2. The van der Waals surface area contributed by atoms with Crippen molar-refractivity contribution in [3.8, 4) is 0 Å². The maximum absolute atomic E-state index is 12.3. The monoisotopic (exact) mass is 344 g/mol. The van der Waals surface area contributed by atoms with Crippen molar-refractivity contribution in [2.24, 2.45) is 0 Å². The summed E-state index contributed by atoms with van der Waals surface area (Å²) in [5.41, 5.74) is 2.49. The van der Waals surface area contributed by atoms with Crippen LogP contribution in [0.15, 0.2) is 47.4 Å². The first kappa shape index (κ1) is 16.1. The number of rotatable bonds is 4. The summed E-state index contributed by atoms with van der Waals surface area (Å²) in [5, 5.41) is 10.8. The van der Waals surface area contributed by atoms with Crippen LogP contribution in [0.3, 0.4) is 0 Å². The lowest BCUT2D eigenvalue weighted by Gasteiger charge is -2.06. The Morgan fingerprint density at radius 2 is 1.88 bits per heavy atom. The third kappa shape index (κ3) is 3.13. The summed E-state index contributed by atoms with van der Waals surface area (Å²) in [6.07, 6.45) is 1.14. The van der Waals surface area contributed by atoms with Crippen molar-refractivity contribution < 1.29 is 13.2 Å². The van der Waals surface area contributed by atoms with E-state index in [0.29, 0.717) is 23.3 Å². The Labute approximate surface area is 139 Å². The van der Waals surface area contributed by atoms with E-state index in [-0.39, 0.29) is 10.8 Å². The van der Waals surface area contributed by atoms with E-state index in [9.17, 15) is 13.2 Å². The molecule has 3 rings (SSSR count). The molecule has 8 heteroatoms. The largest absolute Gasteiger partial charge is 0.322 e. The Hall–Kier alpha value is -2.74. The van der Waals surface area contributed by atoms with Gasteiger partial charge >= 0.3 is 0 Å². The summed E-state index contributed by atoms with van der Waals surface area (Å²) in [4.78, 5) is 12.5. The summed E-state index contributed by atoms with van der Waals surface area (Å²) < 4.78 is 24.6. The van der Waals surface area contributed by atoms with Crippen molar-refractivity contribution in [3.63, 3.8) is 0 Å². The second-order valence-corrected chi connectivity index (χ2v) is 7.38. The number of aromatic nitrogens is 3. The lowest BCUT2D eigenvalue weighted by Crippen LogP contribution is -2.12. The second-order valence-electron chi connectivity index (χ2n) is 5.36. The van der Waals surface area contributed by atoms with Crippen LogP contribution in [0.2, 0.25) is 0 Å². The van der Waals surface area contributed by atoms with E-state index in [2.05, 4.69) is 15.6 Å². The molecule has 0 aliphatic rings. The summed E-state index contributed by atoms with van der Waals surface area (Å²) in [6, 6.07) is 11.2. The predicted molar refractivity (Wildman–Crippen MR) is 90.7 cm³/mol. The normalized spacial score (nSPS) is 11.6. The standard InChI is InChI=1S/C16H16N4O3S/c1-3-20-15-9-4-11(10-14(15)18-19-20)16(21)17-12-5-7-13(8-6-12)24(2,22)23/h4-10H,3H2,1-2H3,(H,17,21). The van der Waals surface area contributed by atoms with Crippen LogP contribution < -0.4 is 5.32 Å². The number of amides is 1. The third-order valence-electron chi connectivity index (χ3n) is 3.62. The number of carbonyl (C=O) groups is 1. The van der Waals surface area contributed by atoms with Crippen molar-refractivity contribution in [3.05, 3.63) is 48.0 Å². The first-order valence-electron chi connectivity index (χ1n) is 7.33. The van der Waals surface area contributed by atoms with Gasteiger partial charge in [-0.05, 0) is 49.4 Å². The molecule has 0 radical (unpaired) electrons. The molecule has 124 valence electrons. The van der Waals surface area contributed by atoms with Crippen LogP contribution in [-0.2, 0) is 16.4 Å². The molecule has 0 spiro atoms. The van der Waals surface area contributed by atoms with Gasteiger partial charge in [-0.25, -0.2) is 13.1 Å². The lowest BCUT2D eigenvalue weighted by molar-refractivity contribution is 0.102. The maximum atomic E-state index is 12.3. The van der Waals surface area contributed by atoms with Crippen molar-refractivity contribution >= 4 is 32.5 Å². The number of anilines is 1. The molecule has 1 N–H and O–H groups in total. The minimum atomic E-state index is -3.26. The predicted octanol–water partition coefficient (Wildman–Crippen LogP) is 2.11. The Bertz CT molecular complexity index is 1010. The molecule has 0 saturated carbocycles. The molecule has 0 aliphatic carbocycles. The Morgan fingerprint density at radius 3 is 2.50 bits per heavy atom. The highest BCUT2D eigenvalue weighted by atomic mass is 32.2. The van der Waals surface area contributed by atoms with Gasteiger partial charge in [0, 0.05) is 24.1 Å². The summed E-state index contributed by atoms with van der Waals surface area (Å²) >= 11 is 0. The van der Waals surface area contributed by atoms with Gasteiger partial charge in [-0.1, -0.05) is 5.21 Å². The number of carbonyl (C=O) groups excluding carboxylic acids is 1. The smallest absolute Gasteiger partial charge is 0.255 e. The molecule has 0 atom stereocenters. The van der Waals surface area contributed by atoms with Gasteiger partial charge in [-0.15, -0.1) is 5.10 Å². The number of fused-ring (bicyclic) bond motifs is 1. The molecule has 0 saturated heterocycles. The van der Waals surface area contributed by atoms with Gasteiger partial charge < -0.3 is 5.32 Å². The fraction of sp³-hybridized carbons (Fsp3) is 0.188. The van der Waals surface area contributed by atoms with Crippen molar-refractivity contribution in [1.29, 1.82) is 0 Å². The van der Waals surface area contributed by atoms with Gasteiger partial charge in [-0.2, -0.15) is 0 Å². The first-order valence-corrected chi connectivity index (χ1v) is 9.22. The molecule has 0 fully saturated rings. The molecular formula is C16H16N4O3S. The maximum Gasteiger partial charge on any atom is 0.255 e. The SMILES string of the molecule is CCn1nnc2cc(C(=O)Nc3ccc(S(C)(=O)=O)cc3)ccc21. The third-order valence-corrected chi connectivity index (χ3v) is 4.74. The average molecular weight is 344 g/mol. The molecule has 1 amide bonds. The Morgan fingerprint density at radius 1 is 1.17 bits per heavy atom. The Kier molecular flexibility index (Phi) is 4.06. The van der Waals surface area contributed by atoms with Crippen LogP contribution in [-0.4, -0.2) is 35.6 Å². The minimum absolute atomic E-state index is 0.207. The summed E-state index contributed by atoms with van der Waals surface area (Å²) in [7, 11) is -3.26. The number of nitrogens with one attached hydrogen (secondary N) is 1. The van der Waals surface area contributed by atoms with Crippen molar-refractivity contribution in [1.82, 2.24) is 15.0 Å². The second kappa shape index (κ2) is 6.04. The number of sulfone groups is 1. The molecule has 1 aromatic heterocycles. The summed E-state index contributed by atoms with van der Waals surface area (Å²) in [5.74, 6) is -0.296. The number of hydrogen-bond acceptors (Lipinski definition) is 5. The van der Waals surface area contributed by atoms with E-state index in [0.717, 1.165) is 11.8 Å². The molecule has 0 unspecified atom stereocenters. The van der Waals surface area contributed by atoms with E-state index >= 15 is 0 Å². The minimum Gasteiger partial charge on any atom is -0.322 e. The van der Waals surface area contributed by atoms with E-state index in [1.165, 1.54) is 12.1 Å². The molecule has 3 aromatic rings. The lowest BCUT2D eigenvalue weighted by atomic mass is 10.2. The van der Waals surface area contributed by atoms with Crippen LogP contribution in [0.25, 0.3) is 11.0 Å². The molecule has 0 aliphatic heterocycles. The highest BCUT2D eigenvalue weighted by Crippen LogP contribution is 2.17. The molecule has 7 nitrogen and oxygen atoms in total. The Balaban J connectivity index is 1.82. The number of nitrogens with zero attached hydrogens (tertiary/aromatic N) is 3. The first-order chi connectivity index (χ1) is 11.4. The zero-order chi connectivity index (χ0) is 17.3. The summed E-state index contributed by atoms with van der Waals surface area (Å²) in [6.45, 7) is 2.67. The van der Waals surface area contributed by atoms with Gasteiger partial charge in [0.25, 0.3) is 5.91 Å². The van der Waals surface area contributed by atoms with Crippen LogP contribution >= 0.6 is 0 Å². The van der Waals surface area contributed by atoms with Crippen LogP contribution in [0.1, 0.15) is 17.3 Å². The van der Waals surface area contributed by atoms with E-state index in [4.69, 9.17) is 0 Å². The van der Waals surface area contributed by atoms with Crippen molar-refractivity contribution in [2.75, 3.05) is 11.6 Å². The zero-order valence-corrected chi connectivity index (χ0v) is 14.0. The fourth-order valence-electron chi connectivity index (χ4n) is 2.34. The van der Waals surface area contributed by atoms with Gasteiger partial charge in [0.15, 0.2) is 9.84 Å². The van der Waals surface area contributed by atoms with E-state index < -0.39 is 9.84 Å². The van der Waals surface area contributed by atoms with Crippen LogP contribution in [0.4, 0.5) is 5.69 Å². The topological polar surface area (TPSA) is 93.9 Å². The molecule has 2 aromatic carbocycles. The van der Waals surface area contributed by atoms with Crippen LogP contribution in [0.5, 0.6) is 0 Å². The highest BCUT2D eigenvalue weighted by Gasteiger charge is 2.11. The van der Waals surface area contributed by atoms with Crippen molar-refractivity contribution in [2.45, 2.75) is 18.4 Å². The molecule has 0 bridgehead atoms.